The van der Waals surface area contributed by atoms with Gasteiger partial charge in [-0.1, -0.05) is 45.8 Å². The molecular weight excluding hydrogens is 278 g/mol. The molecule has 0 aliphatic heterocycles. The summed E-state index contributed by atoms with van der Waals surface area (Å²) in [5.74, 6) is 0.128. The van der Waals surface area contributed by atoms with Gasteiger partial charge in [-0.2, -0.15) is 0 Å². The molecule has 0 atom stereocenters. The lowest BCUT2D eigenvalue weighted by atomic mass is 10.1. The summed E-state index contributed by atoms with van der Waals surface area (Å²) in [5.41, 5.74) is 2.64. The molecule has 1 aromatic carbocycles. The van der Waals surface area contributed by atoms with Crippen molar-refractivity contribution in [3.63, 3.8) is 0 Å². The second-order valence-electron chi connectivity index (χ2n) is 5.08. The maximum Gasteiger partial charge on any atom is 0.224 e. The van der Waals surface area contributed by atoms with Crippen molar-refractivity contribution in [1.29, 1.82) is 0 Å². The van der Waals surface area contributed by atoms with Crippen LogP contribution in [-0.4, -0.2) is 17.8 Å². The van der Waals surface area contributed by atoms with Gasteiger partial charge in [0.15, 0.2) is 0 Å². The maximum absolute atomic E-state index is 11.8. The van der Waals surface area contributed by atoms with Crippen LogP contribution in [0.2, 0.25) is 0 Å². The number of alkyl halides is 1. The summed E-state index contributed by atoms with van der Waals surface area (Å²) in [5, 5.41) is 4.03. The normalized spacial score (nSPS) is 16.6. The SMILES string of the molecule is Cc1cccc(CC(=O)NCC2(CBr)CC2)c1. The number of hydrogen-bond donors (Lipinski definition) is 1. The topological polar surface area (TPSA) is 29.1 Å². The van der Waals surface area contributed by atoms with E-state index < -0.39 is 0 Å². The quantitative estimate of drug-likeness (QED) is 0.832. The molecule has 0 spiro atoms. The van der Waals surface area contributed by atoms with Crippen LogP contribution in [0.15, 0.2) is 24.3 Å². The fourth-order valence-corrected chi connectivity index (χ4v) is 2.65. The van der Waals surface area contributed by atoms with Crippen LogP contribution in [-0.2, 0) is 11.2 Å². The summed E-state index contributed by atoms with van der Waals surface area (Å²) in [4.78, 5) is 11.8. The predicted octanol–water partition coefficient (Wildman–Crippen LogP) is 2.83. The molecule has 0 bridgehead atoms. The highest BCUT2D eigenvalue weighted by molar-refractivity contribution is 9.09. The first-order valence-electron chi connectivity index (χ1n) is 6.02. The summed E-state index contributed by atoms with van der Waals surface area (Å²) >= 11 is 3.51. The van der Waals surface area contributed by atoms with E-state index in [0.29, 0.717) is 11.8 Å². The molecule has 1 saturated carbocycles. The number of carbonyl (C=O) groups is 1. The molecule has 1 fully saturated rings. The van der Waals surface area contributed by atoms with E-state index >= 15 is 0 Å². The molecule has 0 radical (unpaired) electrons. The zero-order valence-corrected chi connectivity index (χ0v) is 11.7. The van der Waals surface area contributed by atoms with Crippen molar-refractivity contribution in [2.24, 2.45) is 5.41 Å². The third kappa shape index (κ3) is 3.56. The van der Waals surface area contributed by atoms with Crippen LogP contribution < -0.4 is 5.32 Å². The molecule has 1 aromatic rings. The van der Waals surface area contributed by atoms with Crippen molar-refractivity contribution in [3.05, 3.63) is 35.4 Å². The highest BCUT2D eigenvalue weighted by atomic mass is 79.9. The molecule has 1 N–H and O–H groups in total. The second kappa shape index (κ2) is 5.21. The van der Waals surface area contributed by atoms with Crippen LogP contribution in [0.1, 0.15) is 24.0 Å². The Morgan fingerprint density at radius 1 is 1.47 bits per heavy atom. The van der Waals surface area contributed by atoms with Gasteiger partial charge in [-0.05, 0) is 30.7 Å². The number of halogens is 1. The predicted molar refractivity (Wildman–Crippen MR) is 73.4 cm³/mol. The van der Waals surface area contributed by atoms with Crippen LogP contribution in [0.3, 0.4) is 0 Å². The standard InChI is InChI=1S/C14H18BrNO/c1-11-3-2-4-12(7-11)8-13(17)16-10-14(9-15)5-6-14/h2-4,7H,5-6,8-10H2,1H3,(H,16,17). The second-order valence-corrected chi connectivity index (χ2v) is 5.64. The Morgan fingerprint density at radius 3 is 2.82 bits per heavy atom. The van der Waals surface area contributed by atoms with Gasteiger partial charge in [-0.15, -0.1) is 0 Å². The van der Waals surface area contributed by atoms with Gasteiger partial charge in [0.25, 0.3) is 0 Å². The minimum absolute atomic E-state index is 0.128. The Bertz CT molecular complexity index is 412. The summed E-state index contributed by atoms with van der Waals surface area (Å²) in [6.45, 7) is 2.86. The molecule has 0 aromatic heterocycles. The van der Waals surface area contributed by atoms with Gasteiger partial charge in [0.05, 0.1) is 6.42 Å². The number of benzene rings is 1. The molecule has 92 valence electrons. The van der Waals surface area contributed by atoms with Crippen LogP contribution >= 0.6 is 15.9 Å². The monoisotopic (exact) mass is 295 g/mol. The lowest BCUT2D eigenvalue weighted by molar-refractivity contribution is -0.120. The van der Waals surface area contributed by atoms with Crippen LogP contribution in [0.4, 0.5) is 0 Å². The molecule has 0 saturated heterocycles. The Kier molecular flexibility index (Phi) is 3.87. The average molecular weight is 296 g/mol. The molecule has 1 aliphatic carbocycles. The first-order valence-corrected chi connectivity index (χ1v) is 7.14. The van der Waals surface area contributed by atoms with Gasteiger partial charge in [0.2, 0.25) is 5.91 Å². The first kappa shape index (κ1) is 12.6. The third-order valence-electron chi connectivity index (χ3n) is 3.35. The molecule has 3 heteroatoms. The van der Waals surface area contributed by atoms with E-state index in [1.54, 1.807) is 0 Å². The zero-order chi connectivity index (χ0) is 12.3. The summed E-state index contributed by atoms with van der Waals surface area (Å²) in [7, 11) is 0. The fraction of sp³-hybridized carbons (Fsp3) is 0.500. The molecule has 1 amide bonds. The van der Waals surface area contributed by atoms with Crippen molar-refractivity contribution in [2.75, 3.05) is 11.9 Å². The maximum atomic E-state index is 11.8. The Morgan fingerprint density at radius 2 is 2.24 bits per heavy atom. The zero-order valence-electron chi connectivity index (χ0n) is 10.1. The van der Waals surface area contributed by atoms with Crippen molar-refractivity contribution in [2.45, 2.75) is 26.2 Å². The lowest BCUT2D eigenvalue weighted by Gasteiger charge is -2.12. The molecule has 0 heterocycles. The van der Waals surface area contributed by atoms with Gasteiger partial charge in [0.1, 0.15) is 0 Å². The molecule has 2 nitrogen and oxygen atoms in total. The Hall–Kier alpha value is -0.830. The van der Waals surface area contributed by atoms with Gasteiger partial charge < -0.3 is 5.32 Å². The average Bonchev–Trinajstić information content (AvgIpc) is 3.07. The van der Waals surface area contributed by atoms with E-state index in [1.165, 1.54) is 18.4 Å². The number of nitrogens with one attached hydrogen (secondary N) is 1. The van der Waals surface area contributed by atoms with Gasteiger partial charge in [0, 0.05) is 11.9 Å². The minimum Gasteiger partial charge on any atom is -0.355 e. The Balaban J connectivity index is 1.81. The first-order chi connectivity index (χ1) is 8.13. The number of aryl methyl sites for hydroxylation is 1. The van der Waals surface area contributed by atoms with Crippen molar-refractivity contribution < 1.29 is 4.79 Å². The van der Waals surface area contributed by atoms with Crippen molar-refractivity contribution in [1.82, 2.24) is 5.32 Å². The van der Waals surface area contributed by atoms with Crippen LogP contribution in [0, 0.1) is 12.3 Å². The van der Waals surface area contributed by atoms with E-state index in [1.807, 2.05) is 25.1 Å². The fourth-order valence-electron chi connectivity index (χ4n) is 1.89. The van der Waals surface area contributed by atoms with E-state index in [9.17, 15) is 4.79 Å². The van der Waals surface area contributed by atoms with Crippen LogP contribution in [0.5, 0.6) is 0 Å². The van der Waals surface area contributed by atoms with Crippen molar-refractivity contribution >= 4 is 21.8 Å². The molecule has 0 unspecified atom stereocenters. The van der Waals surface area contributed by atoms with Crippen LogP contribution in [0.25, 0.3) is 0 Å². The largest absolute Gasteiger partial charge is 0.355 e. The van der Waals surface area contributed by atoms with Crippen molar-refractivity contribution in [3.8, 4) is 0 Å². The smallest absolute Gasteiger partial charge is 0.224 e. The minimum atomic E-state index is 0.128. The highest BCUT2D eigenvalue weighted by Gasteiger charge is 2.41. The molecular formula is C14H18BrNO. The summed E-state index contributed by atoms with van der Waals surface area (Å²) in [6, 6.07) is 8.12. The summed E-state index contributed by atoms with van der Waals surface area (Å²) in [6.07, 6.45) is 2.94. The van der Waals surface area contributed by atoms with Gasteiger partial charge in [-0.25, -0.2) is 0 Å². The molecule has 2 rings (SSSR count). The highest BCUT2D eigenvalue weighted by Crippen LogP contribution is 2.46. The summed E-state index contributed by atoms with van der Waals surface area (Å²) < 4.78 is 0. The third-order valence-corrected chi connectivity index (χ3v) is 4.54. The molecule has 1 aliphatic rings. The lowest BCUT2D eigenvalue weighted by Crippen LogP contribution is -2.32. The number of amides is 1. The number of rotatable bonds is 5. The van der Waals surface area contributed by atoms with Gasteiger partial charge in [-0.3, -0.25) is 4.79 Å². The Labute approximate surface area is 111 Å². The van der Waals surface area contributed by atoms with Gasteiger partial charge >= 0.3 is 0 Å². The number of hydrogen-bond acceptors (Lipinski definition) is 1. The van der Waals surface area contributed by atoms with E-state index in [0.717, 1.165) is 17.4 Å². The van der Waals surface area contributed by atoms with E-state index in [4.69, 9.17) is 0 Å². The van der Waals surface area contributed by atoms with E-state index in [2.05, 4.69) is 27.3 Å². The molecule has 17 heavy (non-hydrogen) atoms. The number of carbonyl (C=O) groups excluding carboxylic acids is 1. The van der Waals surface area contributed by atoms with E-state index in [-0.39, 0.29) is 5.91 Å².